The molecule has 0 fully saturated rings. The highest BCUT2D eigenvalue weighted by Gasteiger charge is 2.16. The van der Waals surface area contributed by atoms with Gasteiger partial charge in [-0.3, -0.25) is 9.78 Å². The van der Waals surface area contributed by atoms with Gasteiger partial charge in [0.2, 0.25) is 6.79 Å². The summed E-state index contributed by atoms with van der Waals surface area (Å²) in [5.74, 6) is 1.09. The Hall–Kier alpha value is -3.54. The lowest BCUT2D eigenvalue weighted by atomic mass is 10.1. The lowest BCUT2D eigenvalue weighted by Crippen LogP contribution is -2.12. The average Bonchev–Trinajstić information content (AvgIpc) is 3.28. The summed E-state index contributed by atoms with van der Waals surface area (Å²) in [5.41, 5.74) is 2.83. The van der Waals surface area contributed by atoms with E-state index < -0.39 is 0 Å². The molecule has 4 aromatic rings. The quantitative estimate of drug-likeness (QED) is 0.587. The molecular weight excluding hydrogens is 318 g/mol. The van der Waals surface area contributed by atoms with Crippen LogP contribution in [0.3, 0.4) is 0 Å². The third kappa shape index (κ3) is 2.27. The smallest absolute Gasteiger partial charge is 0.272 e. The van der Waals surface area contributed by atoms with Gasteiger partial charge < -0.3 is 19.8 Å². The Labute approximate surface area is 142 Å². The second kappa shape index (κ2) is 5.24. The van der Waals surface area contributed by atoms with Crippen molar-refractivity contribution >= 4 is 33.4 Å². The SMILES string of the molecule is O=C(Nc1ccc2c(c1)OCO2)c1cc2ccc3cccnc3c2[nH]1. The highest BCUT2D eigenvalue weighted by Crippen LogP contribution is 2.34. The minimum atomic E-state index is -0.223. The maximum atomic E-state index is 12.6. The molecule has 0 atom stereocenters. The number of anilines is 1. The zero-order valence-corrected chi connectivity index (χ0v) is 13.1. The van der Waals surface area contributed by atoms with Gasteiger partial charge >= 0.3 is 0 Å². The Kier molecular flexibility index (Phi) is 2.90. The van der Waals surface area contributed by atoms with Gasteiger partial charge in [-0.25, -0.2) is 0 Å². The molecule has 0 spiro atoms. The Morgan fingerprint density at radius 1 is 1.04 bits per heavy atom. The monoisotopic (exact) mass is 331 g/mol. The summed E-state index contributed by atoms with van der Waals surface area (Å²) in [6, 6.07) is 15.0. The van der Waals surface area contributed by atoms with Crippen LogP contribution in [0.4, 0.5) is 5.69 Å². The first-order chi connectivity index (χ1) is 12.3. The van der Waals surface area contributed by atoms with Gasteiger partial charge in [0.1, 0.15) is 5.69 Å². The number of aromatic nitrogens is 2. The van der Waals surface area contributed by atoms with Gasteiger partial charge in [-0.2, -0.15) is 0 Å². The van der Waals surface area contributed by atoms with Crippen molar-refractivity contribution in [1.82, 2.24) is 9.97 Å². The van der Waals surface area contributed by atoms with Crippen molar-refractivity contribution in [3.63, 3.8) is 0 Å². The van der Waals surface area contributed by atoms with E-state index in [2.05, 4.69) is 15.3 Å². The van der Waals surface area contributed by atoms with Gasteiger partial charge in [0.15, 0.2) is 11.5 Å². The second-order valence-corrected chi connectivity index (χ2v) is 5.81. The van der Waals surface area contributed by atoms with Gasteiger partial charge in [0.25, 0.3) is 5.91 Å². The normalized spacial score (nSPS) is 12.6. The predicted octanol–water partition coefficient (Wildman–Crippen LogP) is 3.70. The Morgan fingerprint density at radius 2 is 1.92 bits per heavy atom. The number of aromatic amines is 1. The molecule has 1 aliphatic rings. The molecule has 0 bridgehead atoms. The summed E-state index contributed by atoms with van der Waals surface area (Å²) in [6.07, 6.45) is 1.75. The van der Waals surface area contributed by atoms with E-state index in [1.807, 2.05) is 30.3 Å². The predicted molar refractivity (Wildman–Crippen MR) is 94.1 cm³/mol. The van der Waals surface area contributed by atoms with Crippen LogP contribution in [-0.4, -0.2) is 22.7 Å². The topological polar surface area (TPSA) is 76.2 Å². The number of nitrogens with zero attached hydrogens (tertiary/aromatic N) is 1. The van der Waals surface area contributed by atoms with Crippen molar-refractivity contribution in [2.45, 2.75) is 0 Å². The Bertz CT molecular complexity index is 1130. The largest absolute Gasteiger partial charge is 0.454 e. The van der Waals surface area contributed by atoms with Crippen molar-refractivity contribution in [1.29, 1.82) is 0 Å². The Balaban J connectivity index is 1.50. The molecule has 6 nitrogen and oxygen atoms in total. The molecular formula is C19H13N3O3. The number of carbonyl (C=O) groups is 1. The first-order valence-corrected chi connectivity index (χ1v) is 7.85. The molecule has 2 aromatic heterocycles. The molecule has 0 radical (unpaired) electrons. The lowest BCUT2D eigenvalue weighted by Gasteiger charge is -2.04. The van der Waals surface area contributed by atoms with Gasteiger partial charge in [0.05, 0.1) is 11.0 Å². The van der Waals surface area contributed by atoms with Gasteiger partial charge in [-0.15, -0.1) is 0 Å². The zero-order chi connectivity index (χ0) is 16.8. The molecule has 0 saturated carbocycles. The molecule has 6 heteroatoms. The number of rotatable bonds is 2. The maximum absolute atomic E-state index is 12.6. The molecule has 25 heavy (non-hydrogen) atoms. The van der Waals surface area contributed by atoms with Crippen molar-refractivity contribution in [3.8, 4) is 11.5 Å². The van der Waals surface area contributed by atoms with E-state index >= 15 is 0 Å². The minimum absolute atomic E-state index is 0.203. The van der Waals surface area contributed by atoms with Crippen LogP contribution in [0, 0.1) is 0 Å². The lowest BCUT2D eigenvalue weighted by molar-refractivity contribution is 0.102. The fourth-order valence-corrected chi connectivity index (χ4v) is 3.03. The standard InChI is InChI=1S/C19H13N3O3/c23-19(21-13-5-6-15-16(9-13)25-10-24-15)14-8-12-4-3-11-2-1-7-20-17(11)18(12)22-14/h1-9,22H,10H2,(H,21,23). The number of pyridine rings is 1. The van der Waals surface area contributed by atoms with E-state index in [0.717, 1.165) is 21.8 Å². The van der Waals surface area contributed by atoms with Crippen LogP contribution in [0.1, 0.15) is 10.5 Å². The Morgan fingerprint density at radius 3 is 2.88 bits per heavy atom. The minimum Gasteiger partial charge on any atom is -0.454 e. The molecule has 1 aliphatic heterocycles. The molecule has 0 unspecified atom stereocenters. The molecule has 0 aliphatic carbocycles. The van der Waals surface area contributed by atoms with Crippen LogP contribution in [0.15, 0.2) is 54.7 Å². The summed E-state index contributed by atoms with van der Waals surface area (Å²) < 4.78 is 10.6. The summed E-state index contributed by atoms with van der Waals surface area (Å²) in [5, 5.41) is 4.84. The first kappa shape index (κ1) is 13.9. The maximum Gasteiger partial charge on any atom is 0.272 e. The van der Waals surface area contributed by atoms with E-state index in [1.54, 1.807) is 24.4 Å². The highest BCUT2D eigenvalue weighted by molar-refractivity contribution is 6.10. The van der Waals surface area contributed by atoms with E-state index in [1.165, 1.54) is 0 Å². The van der Waals surface area contributed by atoms with Crippen molar-refractivity contribution in [3.05, 3.63) is 60.4 Å². The van der Waals surface area contributed by atoms with Crippen LogP contribution in [0.2, 0.25) is 0 Å². The third-order valence-electron chi connectivity index (χ3n) is 4.24. The van der Waals surface area contributed by atoms with Crippen LogP contribution in [0.5, 0.6) is 11.5 Å². The summed E-state index contributed by atoms with van der Waals surface area (Å²) >= 11 is 0. The summed E-state index contributed by atoms with van der Waals surface area (Å²) in [6.45, 7) is 0.203. The third-order valence-corrected chi connectivity index (χ3v) is 4.24. The number of ether oxygens (including phenoxy) is 2. The fourth-order valence-electron chi connectivity index (χ4n) is 3.03. The highest BCUT2D eigenvalue weighted by atomic mass is 16.7. The van der Waals surface area contributed by atoms with Gasteiger partial charge in [-0.05, 0) is 24.3 Å². The fraction of sp³-hybridized carbons (Fsp3) is 0.0526. The molecule has 2 aromatic carbocycles. The van der Waals surface area contributed by atoms with Gasteiger partial charge in [-0.1, -0.05) is 18.2 Å². The van der Waals surface area contributed by atoms with Crippen molar-refractivity contribution in [2.24, 2.45) is 0 Å². The number of H-pyrrole nitrogens is 1. The molecule has 122 valence electrons. The van der Waals surface area contributed by atoms with Gasteiger partial charge in [0, 0.05) is 28.7 Å². The summed E-state index contributed by atoms with van der Waals surface area (Å²) in [4.78, 5) is 20.2. The van der Waals surface area contributed by atoms with E-state index in [0.29, 0.717) is 22.9 Å². The average molecular weight is 331 g/mol. The number of fused-ring (bicyclic) bond motifs is 4. The number of hydrogen-bond donors (Lipinski definition) is 2. The molecule has 2 N–H and O–H groups in total. The number of carbonyl (C=O) groups excluding carboxylic acids is 1. The van der Waals surface area contributed by atoms with Crippen molar-refractivity contribution < 1.29 is 14.3 Å². The van der Waals surface area contributed by atoms with Crippen LogP contribution in [0.25, 0.3) is 21.8 Å². The van der Waals surface area contributed by atoms with E-state index in [9.17, 15) is 4.79 Å². The second-order valence-electron chi connectivity index (χ2n) is 5.81. The summed E-state index contributed by atoms with van der Waals surface area (Å²) in [7, 11) is 0. The van der Waals surface area contributed by atoms with E-state index in [4.69, 9.17) is 9.47 Å². The number of benzene rings is 2. The van der Waals surface area contributed by atoms with Crippen LogP contribution < -0.4 is 14.8 Å². The molecule has 3 heterocycles. The zero-order valence-electron chi connectivity index (χ0n) is 13.1. The molecule has 5 rings (SSSR count). The van der Waals surface area contributed by atoms with Crippen LogP contribution in [-0.2, 0) is 0 Å². The number of amides is 1. The first-order valence-electron chi connectivity index (χ1n) is 7.85. The molecule has 1 amide bonds. The number of hydrogen-bond acceptors (Lipinski definition) is 4. The molecule has 0 saturated heterocycles. The van der Waals surface area contributed by atoms with Crippen molar-refractivity contribution in [2.75, 3.05) is 12.1 Å². The van der Waals surface area contributed by atoms with E-state index in [-0.39, 0.29) is 12.7 Å². The number of nitrogens with one attached hydrogen (secondary N) is 2. The van der Waals surface area contributed by atoms with Crippen LogP contribution >= 0.6 is 0 Å².